The number of nitrogens with zero attached hydrogens (tertiary/aromatic N) is 5. The van der Waals surface area contributed by atoms with Crippen molar-refractivity contribution in [3.05, 3.63) is 35.9 Å². The maximum atomic E-state index is 12.8. The molecule has 1 aliphatic rings. The minimum atomic E-state index is -0.0124. The molecule has 8 heteroatoms. The molecule has 3 heterocycles. The van der Waals surface area contributed by atoms with Gasteiger partial charge in [0.2, 0.25) is 0 Å². The summed E-state index contributed by atoms with van der Waals surface area (Å²) in [5.41, 5.74) is 2.17. The van der Waals surface area contributed by atoms with Gasteiger partial charge in [-0.15, -0.1) is 0 Å². The molecule has 0 radical (unpaired) electrons. The Balaban J connectivity index is 1.65. The monoisotopic (exact) mass is 345 g/mol. The molecule has 2 aromatic rings. The average molecular weight is 345 g/mol. The maximum Gasteiger partial charge on any atom is 0.317 e. The van der Waals surface area contributed by atoms with Crippen LogP contribution in [0.15, 0.2) is 24.8 Å². The number of rotatable bonds is 5. The number of aromatic amines is 1. The van der Waals surface area contributed by atoms with Gasteiger partial charge in [0.05, 0.1) is 24.5 Å². The van der Waals surface area contributed by atoms with Crippen LogP contribution >= 0.6 is 0 Å². The Labute approximate surface area is 148 Å². The predicted octanol–water partition coefficient (Wildman–Crippen LogP) is 1.68. The second kappa shape index (κ2) is 7.69. The van der Waals surface area contributed by atoms with E-state index in [9.17, 15) is 4.79 Å². The molecule has 3 rings (SSSR count). The van der Waals surface area contributed by atoms with Crippen molar-refractivity contribution in [2.24, 2.45) is 7.05 Å². The molecule has 1 saturated heterocycles. The largest absolute Gasteiger partial charge is 0.336 e. The number of aromatic nitrogens is 4. The van der Waals surface area contributed by atoms with Gasteiger partial charge in [0, 0.05) is 43.7 Å². The van der Waals surface area contributed by atoms with E-state index in [0.29, 0.717) is 6.54 Å². The molecule has 0 aromatic carbocycles. The van der Waals surface area contributed by atoms with Crippen molar-refractivity contribution in [2.45, 2.75) is 31.3 Å². The standard InChI is InChI=1S/C17H27N7O/c1-22(2)16(14-10-21-23(3)12-14)11-18-17(25)24-7-5-4-6-15(24)13-8-19-20-9-13/h8-10,12,15-16H,4-7,11H2,1-3H3,(H,18,25)(H,19,20)/t15-,16+/m0/s1. The fraction of sp³-hybridized carbons (Fsp3) is 0.588. The molecule has 0 bridgehead atoms. The smallest absolute Gasteiger partial charge is 0.317 e. The van der Waals surface area contributed by atoms with E-state index in [4.69, 9.17) is 0 Å². The highest BCUT2D eigenvalue weighted by Crippen LogP contribution is 2.30. The number of likely N-dealkylation sites (N-methyl/N-ethyl adjacent to an activating group) is 1. The van der Waals surface area contributed by atoms with Crippen molar-refractivity contribution in [2.75, 3.05) is 27.2 Å². The summed E-state index contributed by atoms with van der Waals surface area (Å²) in [4.78, 5) is 16.8. The van der Waals surface area contributed by atoms with Crippen LogP contribution in [0.5, 0.6) is 0 Å². The lowest BCUT2D eigenvalue weighted by Gasteiger charge is -2.36. The lowest BCUT2D eigenvalue weighted by atomic mass is 9.98. The van der Waals surface area contributed by atoms with E-state index in [0.717, 1.165) is 36.9 Å². The van der Waals surface area contributed by atoms with E-state index in [-0.39, 0.29) is 18.1 Å². The highest BCUT2D eigenvalue weighted by molar-refractivity contribution is 5.75. The zero-order valence-corrected chi connectivity index (χ0v) is 15.1. The van der Waals surface area contributed by atoms with Crippen molar-refractivity contribution in [3.8, 4) is 0 Å². The Kier molecular flexibility index (Phi) is 5.37. The first kappa shape index (κ1) is 17.5. The molecule has 2 atom stereocenters. The molecular weight excluding hydrogens is 318 g/mol. The van der Waals surface area contributed by atoms with Crippen LogP contribution in [0.25, 0.3) is 0 Å². The number of piperidine rings is 1. The summed E-state index contributed by atoms with van der Waals surface area (Å²) in [6.07, 6.45) is 10.7. The summed E-state index contributed by atoms with van der Waals surface area (Å²) in [6.45, 7) is 1.33. The topological polar surface area (TPSA) is 82.1 Å². The number of hydrogen-bond acceptors (Lipinski definition) is 4. The van der Waals surface area contributed by atoms with Crippen LogP contribution in [0.3, 0.4) is 0 Å². The van der Waals surface area contributed by atoms with E-state index in [1.54, 1.807) is 4.68 Å². The molecule has 2 aromatic heterocycles. The summed E-state index contributed by atoms with van der Waals surface area (Å²) in [5, 5.41) is 14.2. The first-order valence-corrected chi connectivity index (χ1v) is 8.74. The van der Waals surface area contributed by atoms with Gasteiger partial charge >= 0.3 is 6.03 Å². The molecule has 0 saturated carbocycles. The molecule has 1 aliphatic heterocycles. The number of likely N-dealkylation sites (tertiary alicyclic amines) is 1. The minimum absolute atomic E-state index is 0.0124. The normalized spacial score (nSPS) is 19.2. The van der Waals surface area contributed by atoms with Gasteiger partial charge in [-0.05, 0) is 33.4 Å². The predicted molar refractivity (Wildman–Crippen MR) is 94.9 cm³/mol. The van der Waals surface area contributed by atoms with Crippen LogP contribution in [0.4, 0.5) is 4.79 Å². The van der Waals surface area contributed by atoms with Crippen LogP contribution in [-0.4, -0.2) is 63.0 Å². The zero-order chi connectivity index (χ0) is 17.8. The number of aryl methyl sites for hydroxylation is 1. The van der Waals surface area contributed by atoms with E-state index >= 15 is 0 Å². The molecule has 8 nitrogen and oxygen atoms in total. The number of hydrogen-bond donors (Lipinski definition) is 2. The Morgan fingerprint density at radius 1 is 1.44 bits per heavy atom. The van der Waals surface area contributed by atoms with Gasteiger partial charge in [0.15, 0.2) is 0 Å². The molecule has 0 spiro atoms. The summed E-state index contributed by atoms with van der Waals surface area (Å²) < 4.78 is 1.78. The lowest BCUT2D eigenvalue weighted by molar-refractivity contribution is 0.148. The maximum absolute atomic E-state index is 12.8. The summed E-state index contributed by atoms with van der Waals surface area (Å²) in [5.74, 6) is 0. The van der Waals surface area contributed by atoms with Gasteiger partial charge in [-0.3, -0.25) is 9.78 Å². The Morgan fingerprint density at radius 2 is 2.28 bits per heavy atom. The van der Waals surface area contributed by atoms with E-state index in [1.807, 2.05) is 50.8 Å². The van der Waals surface area contributed by atoms with E-state index in [2.05, 4.69) is 25.5 Å². The van der Waals surface area contributed by atoms with Gasteiger partial charge in [0.1, 0.15) is 0 Å². The van der Waals surface area contributed by atoms with Crippen LogP contribution in [0.1, 0.15) is 42.5 Å². The molecule has 136 valence electrons. The summed E-state index contributed by atoms with van der Waals surface area (Å²) >= 11 is 0. The third-order valence-corrected chi connectivity index (χ3v) is 4.85. The number of carbonyl (C=O) groups excluding carboxylic acids is 1. The molecule has 0 aliphatic carbocycles. The first-order valence-electron chi connectivity index (χ1n) is 8.74. The number of amides is 2. The lowest BCUT2D eigenvalue weighted by Crippen LogP contribution is -2.46. The molecule has 2 N–H and O–H groups in total. The van der Waals surface area contributed by atoms with Crippen molar-refractivity contribution >= 4 is 6.03 Å². The molecule has 2 amide bonds. The van der Waals surface area contributed by atoms with Gasteiger partial charge < -0.3 is 15.1 Å². The summed E-state index contributed by atoms with van der Waals surface area (Å²) in [7, 11) is 5.93. The number of H-pyrrole nitrogens is 1. The SMILES string of the molecule is CN(C)[C@H](CNC(=O)N1CCCC[C@H]1c1cn[nH]c1)c1cnn(C)c1. The van der Waals surface area contributed by atoms with Crippen LogP contribution in [0.2, 0.25) is 0 Å². The Morgan fingerprint density at radius 3 is 2.92 bits per heavy atom. The van der Waals surface area contributed by atoms with Crippen LogP contribution in [0, 0.1) is 0 Å². The zero-order valence-electron chi connectivity index (χ0n) is 15.1. The van der Waals surface area contributed by atoms with E-state index < -0.39 is 0 Å². The van der Waals surface area contributed by atoms with Crippen molar-refractivity contribution in [1.82, 2.24) is 35.1 Å². The summed E-state index contributed by atoms with van der Waals surface area (Å²) in [6, 6.07) is 0.181. The fourth-order valence-electron chi connectivity index (χ4n) is 3.46. The van der Waals surface area contributed by atoms with Crippen molar-refractivity contribution < 1.29 is 4.79 Å². The fourth-order valence-corrected chi connectivity index (χ4v) is 3.46. The number of nitrogens with one attached hydrogen (secondary N) is 2. The molecule has 25 heavy (non-hydrogen) atoms. The van der Waals surface area contributed by atoms with Crippen LogP contribution in [-0.2, 0) is 7.05 Å². The molecule has 1 fully saturated rings. The minimum Gasteiger partial charge on any atom is -0.336 e. The highest BCUT2D eigenvalue weighted by atomic mass is 16.2. The second-order valence-electron chi connectivity index (χ2n) is 6.85. The van der Waals surface area contributed by atoms with Gasteiger partial charge in [0.25, 0.3) is 0 Å². The second-order valence-corrected chi connectivity index (χ2v) is 6.85. The van der Waals surface area contributed by atoms with Gasteiger partial charge in [-0.2, -0.15) is 10.2 Å². The number of carbonyl (C=O) groups is 1. The van der Waals surface area contributed by atoms with Gasteiger partial charge in [-0.1, -0.05) is 0 Å². The molecule has 0 unspecified atom stereocenters. The average Bonchev–Trinajstić information content (AvgIpc) is 3.26. The van der Waals surface area contributed by atoms with Gasteiger partial charge in [-0.25, -0.2) is 4.79 Å². The van der Waals surface area contributed by atoms with Crippen molar-refractivity contribution in [3.63, 3.8) is 0 Å². The highest BCUT2D eigenvalue weighted by Gasteiger charge is 2.29. The Hall–Kier alpha value is -2.35. The third kappa shape index (κ3) is 4.01. The number of urea groups is 1. The van der Waals surface area contributed by atoms with Crippen LogP contribution < -0.4 is 5.32 Å². The quantitative estimate of drug-likeness (QED) is 0.864. The van der Waals surface area contributed by atoms with Crippen molar-refractivity contribution in [1.29, 1.82) is 0 Å². The molecular formula is C17H27N7O. The van der Waals surface area contributed by atoms with E-state index in [1.165, 1.54) is 0 Å². The third-order valence-electron chi connectivity index (χ3n) is 4.85. The first-order chi connectivity index (χ1) is 12.1. The Bertz CT molecular complexity index is 679.